The average molecular weight is 234 g/mol. The lowest BCUT2D eigenvalue weighted by Gasteiger charge is -2.02. The summed E-state index contributed by atoms with van der Waals surface area (Å²) in [5, 5.41) is 0. The summed E-state index contributed by atoms with van der Waals surface area (Å²) in [5.41, 5.74) is 5.37. The molecule has 0 fully saturated rings. The van der Waals surface area contributed by atoms with Crippen LogP contribution in [0.15, 0.2) is 23.8 Å². The lowest BCUT2D eigenvalue weighted by atomic mass is 10.0. The van der Waals surface area contributed by atoms with Gasteiger partial charge in [-0.05, 0) is 38.8 Å². The van der Waals surface area contributed by atoms with Gasteiger partial charge in [-0.25, -0.2) is 0 Å². The third-order valence-electron chi connectivity index (χ3n) is 1.87. The van der Waals surface area contributed by atoms with E-state index in [4.69, 9.17) is 0 Å². The molecule has 0 spiro atoms. The molecule has 0 nitrogen and oxygen atoms in total. The Bertz CT molecular complexity index is 315. The van der Waals surface area contributed by atoms with E-state index in [0.29, 0.717) is 0 Å². The van der Waals surface area contributed by atoms with E-state index in [2.05, 4.69) is 65.8 Å². The van der Waals surface area contributed by atoms with Crippen molar-refractivity contribution in [2.24, 2.45) is 0 Å². The van der Waals surface area contributed by atoms with Crippen LogP contribution in [0.3, 0.4) is 0 Å². The summed E-state index contributed by atoms with van der Waals surface area (Å²) < 4.78 is 0. The molecular formula is C17H30. The predicted octanol–water partition coefficient (Wildman–Crippen LogP) is 6.17. The van der Waals surface area contributed by atoms with Gasteiger partial charge in [-0.3, -0.25) is 0 Å². The molecule has 0 amide bonds. The molecular weight excluding hydrogens is 204 g/mol. The van der Waals surface area contributed by atoms with Crippen LogP contribution in [0, 0.1) is 13.8 Å². The summed E-state index contributed by atoms with van der Waals surface area (Å²) in [6.07, 6.45) is 3.47. The summed E-state index contributed by atoms with van der Waals surface area (Å²) in [7, 11) is 0. The number of hydrogen-bond donors (Lipinski definition) is 0. The van der Waals surface area contributed by atoms with Crippen molar-refractivity contribution in [2.75, 3.05) is 0 Å². The van der Waals surface area contributed by atoms with Crippen molar-refractivity contribution in [3.05, 3.63) is 40.5 Å². The second kappa shape index (κ2) is 11.4. The highest BCUT2D eigenvalue weighted by Gasteiger charge is 1.93. The molecule has 0 aliphatic heterocycles. The molecule has 0 bridgehead atoms. The van der Waals surface area contributed by atoms with Crippen molar-refractivity contribution in [3.63, 3.8) is 0 Å². The van der Waals surface area contributed by atoms with Gasteiger partial charge in [-0.15, -0.1) is 0 Å². The van der Waals surface area contributed by atoms with E-state index in [-0.39, 0.29) is 0 Å². The zero-order valence-corrected chi connectivity index (χ0v) is 13.0. The summed E-state index contributed by atoms with van der Waals surface area (Å²) in [4.78, 5) is 0. The summed E-state index contributed by atoms with van der Waals surface area (Å²) in [5.74, 6) is 0. The van der Waals surface area contributed by atoms with Crippen LogP contribution in [0.2, 0.25) is 0 Å². The van der Waals surface area contributed by atoms with Crippen LogP contribution >= 0.6 is 0 Å². The minimum atomic E-state index is 1.25. The van der Waals surface area contributed by atoms with Gasteiger partial charge in [0.15, 0.2) is 0 Å². The number of aryl methyl sites for hydroxylation is 2. The Hall–Kier alpha value is -1.04. The molecule has 1 rings (SSSR count). The molecule has 1 aromatic rings. The first-order valence-corrected chi connectivity index (χ1v) is 6.73. The summed E-state index contributed by atoms with van der Waals surface area (Å²) in [6, 6.07) is 6.55. The van der Waals surface area contributed by atoms with Crippen molar-refractivity contribution in [2.45, 2.75) is 61.8 Å². The van der Waals surface area contributed by atoms with Crippen LogP contribution in [-0.4, -0.2) is 0 Å². The molecule has 0 N–H and O–H groups in total. The van der Waals surface area contributed by atoms with Gasteiger partial charge < -0.3 is 0 Å². The van der Waals surface area contributed by atoms with Gasteiger partial charge in [0.1, 0.15) is 0 Å². The molecule has 17 heavy (non-hydrogen) atoms. The topological polar surface area (TPSA) is 0 Å². The van der Waals surface area contributed by atoms with E-state index in [1.807, 2.05) is 13.8 Å². The Labute approximate surface area is 109 Å². The van der Waals surface area contributed by atoms with Crippen LogP contribution in [0.4, 0.5) is 0 Å². The number of rotatable bonds is 1. The van der Waals surface area contributed by atoms with Gasteiger partial charge in [0, 0.05) is 0 Å². The first-order chi connectivity index (χ1) is 8.01. The van der Waals surface area contributed by atoms with Crippen molar-refractivity contribution < 1.29 is 0 Å². The average Bonchev–Trinajstić information content (AvgIpc) is 2.26. The molecule has 0 atom stereocenters. The molecule has 0 saturated heterocycles. The highest BCUT2D eigenvalue weighted by atomic mass is 14.0. The smallest absolute Gasteiger partial charge is 0.0228 e. The lowest BCUT2D eigenvalue weighted by molar-refractivity contribution is 1.09. The third-order valence-corrected chi connectivity index (χ3v) is 1.87. The minimum absolute atomic E-state index is 1.25. The molecule has 0 saturated carbocycles. The zero-order valence-electron chi connectivity index (χ0n) is 13.0. The van der Waals surface area contributed by atoms with Crippen LogP contribution in [0.1, 0.15) is 64.7 Å². The number of hydrogen-bond acceptors (Lipinski definition) is 0. The Morgan fingerprint density at radius 1 is 1.06 bits per heavy atom. The van der Waals surface area contributed by atoms with Crippen molar-refractivity contribution in [1.29, 1.82) is 0 Å². The van der Waals surface area contributed by atoms with Gasteiger partial charge in [0.2, 0.25) is 0 Å². The first-order valence-electron chi connectivity index (χ1n) is 6.73. The van der Waals surface area contributed by atoms with Crippen LogP contribution in [0.5, 0.6) is 0 Å². The van der Waals surface area contributed by atoms with E-state index < -0.39 is 0 Å². The maximum Gasteiger partial charge on any atom is -0.0228 e. The quantitative estimate of drug-likeness (QED) is 0.545. The summed E-state index contributed by atoms with van der Waals surface area (Å²) >= 11 is 0. The SMILES string of the molecule is CC.CC(C)=Cc1ccc(C)cc1C.CCC. The first kappa shape index (κ1) is 18.3. The van der Waals surface area contributed by atoms with E-state index >= 15 is 0 Å². The maximum atomic E-state index is 2.22. The van der Waals surface area contributed by atoms with E-state index in [9.17, 15) is 0 Å². The van der Waals surface area contributed by atoms with Gasteiger partial charge in [0.25, 0.3) is 0 Å². The second-order valence-corrected chi connectivity index (χ2v) is 4.29. The normalized spacial score (nSPS) is 8.24. The fourth-order valence-corrected chi connectivity index (χ4v) is 1.30. The van der Waals surface area contributed by atoms with Crippen molar-refractivity contribution >= 4 is 6.08 Å². The molecule has 0 aliphatic rings. The third kappa shape index (κ3) is 9.86. The monoisotopic (exact) mass is 234 g/mol. The molecule has 0 unspecified atom stereocenters. The van der Waals surface area contributed by atoms with E-state index in [0.717, 1.165) is 0 Å². The Morgan fingerprint density at radius 3 is 1.88 bits per heavy atom. The van der Waals surface area contributed by atoms with Crippen LogP contribution in [-0.2, 0) is 0 Å². The van der Waals surface area contributed by atoms with Crippen LogP contribution in [0.25, 0.3) is 6.08 Å². The molecule has 0 aliphatic carbocycles. The molecule has 0 heteroatoms. The van der Waals surface area contributed by atoms with Gasteiger partial charge in [0.05, 0.1) is 0 Å². The van der Waals surface area contributed by atoms with E-state index in [1.54, 1.807) is 0 Å². The highest BCUT2D eigenvalue weighted by Crippen LogP contribution is 2.13. The fourth-order valence-electron chi connectivity index (χ4n) is 1.30. The fraction of sp³-hybridized carbons (Fsp3) is 0.529. The Kier molecular flexibility index (Phi) is 12.3. The molecule has 0 radical (unpaired) electrons. The van der Waals surface area contributed by atoms with Gasteiger partial charge in [-0.2, -0.15) is 0 Å². The molecule has 98 valence electrons. The van der Waals surface area contributed by atoms with Crippen molar-refractivity contribution in [3.8, 4) is 0 Å². The lowest BCUT2D eigenvalue weighted by Crippen LogP contribution is -1.82. The molecule has 0 aromatic heterocycles. The van der Waals surface area contributed by atoms with Crippen LogP contribution < -0.4 is 0 Å². The Morgan fingerprint density at radius 2 is 1.53 bits per heavy atom. The summed E-state index contributed by atoms with van der Waals surface area (Å²) in [6.45, 7) is 16.8. The minimum Gasteiger partial charge on any atom is -0.0758 e. The predicted molar refractivity (Wildman–Crippen MR) is 82.6 cm³/mol. The number of benzene rings is 1. The van der Waals surface area contributed by atoms with E-state index in [1.165, 1.54) is 28.7 Å². The zero-order chi connectivity index (χ0) is 13.8. The standard InChI is InChI=1S/C12H16.C3H8.C2H6/c1-9(2)7-12-6-5-10(3)8-11(12)4;1-3-2;1-2/h5-8H,1-4H3;3H2,1-2H3;1-2H3. The molecule has 0 heterocycles. The largest absolute Gasteiger partial charge is 0.0758 e. The molecule has 1 aromatic carbocycles. The second-order valence-electron chi connectivity index (χ2n) is 4.29. The Balaban J connectivity index is 0. The van der Waals surface area contributed by atoms with Gasteiger partial charge in [-0.1, -0.05) is 69.5 Å². The number of allylic oxidation sites excluding steroid dienone is 1. The maximum absolute atomic E-state index is 2.22. The van der Waals surface area contributed by atoms with Crippen molar-refractivity contribution in [1.82, 2.24) is 0 Å². The van der Waals surface area contributed by atoms with Gasteiger partial charge >= 0.3 is 0 Å². The highest BCUT2D eigenvalue weighted by molar-refractivity contribution is 5.56.